The fourth-order valence-electron chi connectivity index (χ4n) is 1.68. The highest BCUT2D eigenvalue weighted by molar-refractivity contribution is 7.17. The van der Waals surface area contributed by atoms with Gasteiger partial charge in [-0.1, -0.05) is 30.3 Å². The van der Waals surface area contributed by atoms with Crippen molar-refractivity contribution in [2.75, 3.05) is 20.8 Å². The first-order chi connectivity index (χ1) is 9.26. The van der Waals surface area contributed by atoms with Crippen molar-refractivity contribution in [1.82, 2.24) is 4.98 Å². The normalized spacial score (nSPS) is 10.4. The summed E-state index contributed by atoms with van der Waals surface area (Å²) in [5, 5.41) is 0.826. The molecular weight excluding hydrogens is 262 g/mol. The van der Waals surface area contributed by atoms with Gasteiger partial charge >= 0.3 is 5.97 Å². The second kappa shape index (κ2) is 6.45. The van der Waals surface area contributed by atoms with Crippen LogP contribution in [-0.4, -0.2) is 31.8 Å². The van der Waals surface area contributed by atoms with Gasteiger partial charge in [0.25, 0.3) is 0 Å². The lowest BCUT2D eigenvalue weighted by Crippen LogP contribution is -2.05. The molecule has 0 aliphatic rings. The summed E-state index contributed by atoms with van der Waals surface area (Å²) < 4.78 is 9.84. The number of esters is 1. The third-order valence-corrected chi connectivity index (χ3v) is 3.76. The Morgan fingerprint density at radius 3 is 2.63 bits per heavy atom. The van der Waals surface area contributed by atoms with Crippen LogP contribution >= 0.6 is 11.3 Å². The van der Waals surface area contributed by atoms with Gasteiger partial charge in [0.1, 0.15) is 9.88 Å². The zero-order valence-electron chi connectivity index (χ0n) is 10.9. The van der Waals surface area contributed by atoms with E-state index in [1.54, 1.807) is 7.11 Å². The van der Waals surface area contributed by atoms with Gasteiger partial charge in [-0.3, -0.25) is 0 Å². The molecule has 0 saturated heterocycles. The van der Waals surface area contributed by atoms with E-state index in [0.717, 1.165) is 16.3 Å². The molecule has 4 nitrogen and oxygen atoms in total. The van der Waals surface area contributed by atoms with E-state index in [9.17, 15) is 4.79 Å². The first-order valence-corrected chi connectivity index (χ1v) is 6.70. The van der Waals surface area contributed by atoms with Crippen molar-refractivity contribution in [1.29, 1.82) is 0 Å². The molecule has 0 aliphatic carbocycles. The van der Waals surface area contributed by atoms with E-state index >= 15 is 0 Å². The van der Waals surface area contributed by atoms with Gasteiger partial charge in [-0.15, -0.1) is 11.3 Å². The molecule has 0 amide bonds. The molecule has 100 valence electrons. The smallest absolute Gasteiger partial charge is 0.349 e. The molecule has 0 atom stereocenters. The number of rotatable bonds is 5. The van der Waals surface area contributed by atoms with Gasteiger partial charge in [-0.2, -0.15) is 0 Å². The lowest BCUT2D eigenvalue weighted by molar-refractivity contribution is 0.0604. The molecule has 0 fully saturated rings. The van der Waals surface area contributed by atoms with Gasteiger partial charge in [-0.05, 0) is 0 Å². The summed E-state index contributed by atoms with van der Waals surface area (Å²) in [7, 11) is 3.01. The Balaban J connectivity index is 2.36. The zero-order chi connectivity index (χ0) is 13.7. The number of methoxy groups -OCH3 is 2. The van der Waals surface area contributed by atoms with Crippen LogP contribution in [0.15, 0.2) is 30.3 Å². The van der Waals surface area contributed by atoms with E-state index in [1.807, 2.05) is 30.3 Å². The third-order valence-electron chi connectivity index (χ3n) is 2.63. The number of ether oxygens (including phenoxy) is 2. The predicted octanol–water partition coefficient (Wildman–Crippen LogP) is 2.79. The molecule has 0 radical (unpaired) electrons. The van der Waals surface area contributed by atoms with E-state index in [4.69, 9.17) is 9.47 Å². The van der Waals surface area contributed by atoms with Crippen molar-refractivity contribution in [2.45, 2.75) is 6.42 Å². The highest BCUT2D eigenvalue weighted by Crippen LogP contribution is 2.28. The van der Waals surface area contributed by atoms with Crippen molar-refractivity contribution >= 4 is 17.3 Å². The summed E-state index contributed by atoms with van der Waals surface area (Å²) in [6, 6.07) is 9.79. The minimum atomic E-state index is -0.342. The van der Waals surface area contributed by atoms with Crippen LogP contribution < -0.4 is 0 Å². The van der Waals surface area contributed by atoms with Crippen molar-refractivity contribution < 1.29 is 14.3 Å². The molecule has 2 rings (SSSR count). The van der Waals surface area contributed by atoms with Gasteiger partial charge in [-0.25, -0.2) is 9.78 Å². The van der Waals surface area contributed by atoms with E-state index in [2.05, 4.69) is 4.98 Å². The van der Waals surface area contributed by atoms with E-state index < -0.39 is 0 Å². The number of nitrogens with zero attached hydrogens (tertiary/aromatic N) is 1. The number of hydrogen-bond donors (Lipinski definition) is 0. The number of thiazole rings is 1. The summed E-state index contributed by atoms with van der Waals surface area (Å²) in [5.74, 6) is -0.342. The van der Waals surface area contributed by atoms with Gasteiger partial charge in [0, 0.05) is 19.1 Å². The Labute approximate surface area is 116 Å². The highest BCUT2D eigenvalue weighted by atomic mass is 32.1. The lowest BCUT2D eigenvalue weighted by Gasteiger charge is -1.99. The maximum atomic E-state index is 11.7. The number of aromatic nitrogens is 1. The summed E-state index contributed by atoms with van der Waals surface area (Å²) in [6.45, 7) is 0.530. The van der Waals surface area contributed by atoms with Crippen LogP contribution in [0.25, 0.3) is 10.6 Å². The average molecular weight is 277 g/mol. The molecule has 0 bridgehead atoms. The van der Waals surface area contributed by atoms with Crippen LogP contribution in [0.4, 0.5) is 0 Å². The van der Waals surface area contributed by atoms with E-state index in [-0.39, 0.29) is 5.97 Å². The standard InChI is InChI=1S/C14H15NO3S/c1-17-9-8-11-12(14(16)18-2)19-13(15-11)10-6-4-3-5-7-10/h3-7H,8-9H2,1-2H3. The summed E-state index contributed by atoms with van der Waals surface area (Å²) in [6.07, 6.45) is 0.601. The molecule has 1 heterocycles. The first kappa shape index (κ1) is 13.7. The minimum absolute atomic E-state index is 0.342. The van der Waals surface area contributed by atoms with Gasteiger partial charge < -0.3 is 9.47 Å². The minimum Gasteiger partial charge on any atom is -0.465 e. The van der Waals surface area contributed by atoms with Crippen molar-refractivity contribution in [3.05, 3.63) is 40.9 Å². The monoisotopic (exact) mass is 277 g/mol. The lowest BCUT2D eigenvalue weighted by atomic mass is 10.2. The molecule has 0 N–H and O–H groups in total. The van der Waals surface area contributed by atoms with Crippen LogP contribution in [0.5, 0.6) is 0 Å². The van der Waals surface area contributed by atoms with E-state index in [0.29, 0.717) is 17.9 Å². The molecule has 1 aromatic heterocycles. The summed E-state index contributed by atoms with van der Waals surface area (Å²) in [5.41, 5.74) is 1.74. The highest BCUT2D eigenvalue weighted by Gasteiger charge is 2.19. The largest absolute Gasteiger partial charge is 0.465 e. The molecule has 5 heteroatoms. The molecule has 0 aliphatic heterocycles. The fourth-order valence-corrected chi connectivity index (χ4v) is 2.71. The fraction of sp³-hybridized carbons (Fsp3) is 0.286. The number of hydrogen-bond acceptors (Lipinski definition) is 5. The maximum absolute atomic E-state index is 11.7. The number of carbonyl (C=O) groups excluding carboxylic acids is 1. The molecular formula is C14H15NO3S. The second-order valence-electron chi connectivity index (χ2n) is 3.90. The first-order valence-electron chi connectivity index (χ1n) is 5.88. The topological polar surface area (TPSA) is 48.4 Å². The quantitative estimate of drug-likeness (QED) is 0.788. The Bertz CT molecular complexity index is 551. The number of benzene rings is 1. The Morgan fingerprint density at radius 2 is 2.00 bits per heavy atom. The van der Waals surface area contributed by atoms with Gasteiger partial charge in [0.05, 0.1) is 19.4 Å². The van der Waals surface area contributed by atoms with Crippen molar-refractivity contribution in [3.63, 3.8) is 0 Å². The predicted molar refractivity (Wildman–Crippen MR) is 74.5 cm³/mol. The molecule has 1 aromatic carbocycles. The van der Waals surface area contributed by atoms with Crippen molar-refractivity contribution in [2.24, 2.45) is 0 Å². The van der Waals surface area contributed by atoms with Crippen LogP contribution in [0, 0.1) is 0 Å². The molecule has 0 saturated carbocycles. The Morgan fingerprint density at radius 1 is 1.26 bits per heavy atom. The van der Waals surface area contributed by atoms with Crippen LogP contribution in [0.2, 0.25) is 0 Å². The molecule has 2 aromatic rings. The second-order valence-corrected chi connectivity index (χ2v) is 4.89. The number of carbonyl (C=O) groups is 1. The third kappa shape index (κ3) is 3.19. The van der Waals surface area contributed by atoms with Gasteiger partial charge in [0.2, 0.25) is 0 Å². The van der Waals surface area contributed by atoms with Gasteiger partial charge in [0.15, 0.2) is 0 Å². The van der Waals surface area contributed by atoms with Crippen molar-refractivity contribution in [3.8, 4) is 10.6 Å². The Hall–Kier alpha value is -1.72. The molecule has 19 heavy (non-hydrogen) atoms. The Kier molecular flexibility index (Phi) is 4.65. The van der Waals surface area contributed by atoms with E-state index in [1.165, 1.54) is 18.4 Å². The molecule has 0 unspecified atom stereocenters. The van der Waals surface area contributed by atoms with Crippen LogP contribution in [-0.2, 0) is 15.9 Å². The SMILES string of the molecule is COCCc1nc(-c2ccccc2)sc1C(=O)OC. The summed E-state index contributed by atoms with van der Waals surface area (Å²) in [4.78, 5) is 16.8. The summed E-state index contributed by atoms with van der Waals surface area (Å²) >= 11 is 1.35. The molecule has 0 spiro atoms. The maximum Gasteiger partial charge on any atom is 0.349 e. The zero-order valence-corrected chi connectivity index (χ0v) is 11.7. The average Bonchev–Trinajstić information content (AvgIpc) is 2.89. The van der Waals surface area contributed by atoms with Crippen LogP contribution in [0.1, 0.15) is 15.4 Å². The van der Waals surface area contributed by atoms with Crippen LogP contribution in [0.3, 0.4) is 0 Å².